The highest BCUT2D eigenvalue weighted by molar-refractivity contribution is 5.88. The lowest BCUT2D eigenvalue weighted by Crippen LogP contribution is -2.52. The van der Waals surface area contributed by atoms with Gasteiger partial charge >= 0.3 is 5.97 Å². The van der Waals surface area contributed by atoms with Gasteiger partial charge in [0.15, 0.2) is 0 Å². The van der Waals surface area contributed by atoms with E-state index in [0.717, 1.165) is 0 Å². The van der Waals surface area contributed by atoms with Crippen molar-refractivity contribution in [1.29, 1.82) is 0 Å². The van der Waals surface area contributed by atoms with Gasteiger partial charge in [-0.2, -0.15) is 0 Å². The zero-order valence-electron chi connectivity index (χ0n) is 10.9. The van der Waals surface area contributed by atoms with Gasteiger partial charge in [0.05, 0.1) is 0 Å². The third kappa shape index (κ3) is 4.00. The number of nitrogens with zero attached hydrogens (tertiary/aromatic N) is 2. The van der Waals surface area contributed by atoms with Gasteiger partial charge in [-0.15, -0.1) is 0 Å². The molecule has 5 heteroatoms. The fourth-order valence-electron chi connectivity index (χ4n) is 1.84. The third-order valence-corrected chi connectivity index (χ3v) is 3.07. The summed E-state index contributed by atoms with van der Waals surface area (Å²) in [6.07, 6.45) is 6.92. The Morgan fingerprint density at radius 1 is 1.17 bits per heavy atom. The van der Waals surface area contributed by atoms with E-state index in [1.165, 1.54) is 6.08 Å². The monoisotopic (exact) mass is 252 g/mol. The van der Waals surface area contributed by atoms with E-state index in [1.807, 2.05) is 17.9 Å². The maximum atomic E-state index is 11.8. The van der Waals surface area contributed by atoms with Gasteiger partial charge in [-0.3, -0.25) is 14.5 Å². The van der Waals surface area contributed by atoms with E-state index in [4.69, 9.17) is 5.11 Å². The smallest absolute Gasteiger partial charge is 0.320 e. The Morgan fingerprint density at radius 3 is 2.28 bits per heavy atom. The van der Waals surface area contributed by atoms with Gasteiger partial charge < -0.3 is 10.0 Å². The van der Waals surface area contributed by atoms with Crippen molar-refractivity contribution >= 4 is 11.9 Å². The molecule has 0 aromatic heterocycles. The average Bonchev–Trinajstić information content (AvgIpc) is 2.38. The standard InChI is InChI=1S/C13H20N2O3/c1-3-4-5-6-12(16)15-9-7-14(8-10-15)11(2)13(17)18/h3-6,11H,7-10H2,1-2H3,(H,17,18)/b4-3+,6-5+. The zero-order valence-corrected chi connectivity index (χ0v) is 10.9. The molecule has 1 unspecified atom stereocenters. The first-order valence-electron chi connectivity index (χ1n) is 6.11. The topological polar surface area (TPSA) is 60.9 Å². The Labute approximate surface area is 107 Å². The van der Waals surface area contributed by atoms with Gasteiger partial charge in [-0.05, 0) is 13.8 Å². The Kier molecular flexibility index (Phi) is 5.58. The van der Waals surface area contributed by atoms with Crippen LogP contribution < -0.4 is 0 Å². The molecule has 0 radical (unpaired) electrons. The van der Waals surface area contributed by atoms with Gasteiger partial charge in [0, 0.05) is 32.3 Å². The van der Waals surface area contributed by atoms with Crippen molar-refractivity contribution in [3.05, 3.63) is 24.3 Å². The lowest BCUT2D eigenvalue weighted by atomic mass is 10.2. The number of carboxylic acid groups (broad SMARTS) is 1. The Balaban J connectivity index is 2.44. The van der Waals surface area contributed by atoms with Crippen LogP contribution in [0, 0.1) is 0 Å². The number of amides is 1. The van der Waals surface area contributed by atoms with E-state index in [-0.39, 0.29) is 5.91 Å². The number of rotatable bonds is 4. The molecule has 1 rings (SSSR count). The van der Waals surface area contributed by atoms with Gasteiger partial charge in [-0.25, -0.2) is 0 Å². The molecule has 0 spiro atoms. The molecule has 0 aliphatic carbocycles. The molecule has 1 heterocycles. The number of carbonyl (C=O) groups is 2. The van der Waals surface area contributed by atoms with E-state index in [9.17, 15) is 9.59 Å². The summed E-state index contributed by atoms with van der Waals surface area (Å²) in [6.45, 7) is 5.94. The van der Waals surface area contributed by atoms with Crippen molar-refractivity contribution in [3.8, 4) is 0 Å². The quantitative estimate of drug-likeness (QED) is 0.592. The molecule has 1 atom stereocenters. The number of carboxylic acids is 1. The summed E-state index contributed by atoms with van der Waals surface area (Å²) in [7, 11) is 0. The average molecular weight is 252 g/mol. The minimum atomic E-state index is -0.817. The normalized spacial score (nSPS) is 19.6. The molecule has 1 aliphatic rings. The van der Waals surface area contributed by atoms with Gasteiger partial charge in [0.2, 0.25) is 5.91 Å². The SMILES string of the molecule is C/C=C/C=C/C(=O)N1CCN(C(C)C(=O)O)CC1. The van der Waals surface area contributed by atoms with Crippen molar-refractivity contribution in [3.63, 3.8) is 0 Å². The van der Waals surface area contributed by atoms with Crippen molar-refractivity contribution in [1.82, 2.24) is 9.80 Å². The first-order chi connectivity index (χ1) is 8.56. The molecule has 0 saturated carbocycles. The van der Waals surface area contributed by atoms with Gasteiger partial charge in [-0.1, -0.05) is 18.2 Å². The number of aliphatic carboxylic acids is 1. The van der Waals surface area contributed by atoms with Gasteiger partial charge in [0.1, 0.15) is 6.04 Å². The van der Waals surface area contributed by atoms with Crippen LogP contribution in [-0.4, -0.2) is 59.0 Å². The highest BCUT2D eigenvalue weighted by atomic mass is 16.4. The summed E-state index contributed by atoms with van der Waals surface area (Å²) in [4.78, 5) is 26.2. The molecule has 1 fully saturated rings. The number of hydrogen-bond donors (Lipinski definition) is 1. The van der Waals surface area contributed by atoms with Crippen LogP contribution >= 0.6 is 0 Å². The number of carbonyl (C=O) groups excluding carboxylic acids is 1. The van der Waals surface area contributed by atoms with Crippen LogP contribution in [0.5, 0.6) is 0 Å². The summed E-state index contributed by atoms with van der Waals surface area (Å²) in [6, 6.07) is -0.485. The van der Waals surface area contributed by atoms with E-state index in [0.29, 0.717) is 26.2 Å². The Bertz CT molecular complexity index is 355. The minimum absolute atomic E-state index is 0.0178. The minimum Gasteiger partial charge on any atom is -0.480 e. The predicted octanol–water partition coefficient (Wildman–Crippen LogP) is 0.736. The summed E-state index contributed by atoms with van der Waals surface area (Å²) in [5.74, 6) is -0.835. The summed E-state index contributed by atoms with van der Waals surface area (Å²) >= 11 is 0. The highest BCUT2D eigenvalue weighted by Crippen LogP contribution is 2.07. The fraction of sp³-hybridized carbons (Fsp3) is 0.538. The number of hydrogen-bond acceptors (Lipinski definition) is 3. The Hall–Kier alpha value is -1.62. The molecule has 1 saturated heterocycles. The van der Waals surface area contributed by atoms with Crippen LogP contribution in [0.4, 0.5) is 0 Å². The molecule has 18 heavy (non-hydrogen) atoms. The van der Waals surface area contributed by atoms with Gasteiger partial charge in [0.25, 0.3) is 0 Å². The van der Waals surface area contributed by atoms with E-state index in [2.05, 4.69) is 0 Å². The van der Waals surface area contributed by atoms with Crippen LogP contribution in [0.15, 0.2) is 24.3 Å². The van der Waals surface area contributed by atoms with E-state index >= 15 is 0 Å². The second kappa shape index (κ2) is 6.96. The predicted molar refractivity (Wildman–Crippen MR) is 69.2 cm³/mol. The molecule has 1 amide bonds. The summed E-state index contributed by atoms with van der Waals surface area (Å²) < 4.78 is 0. The van der Waals surface area contributed by atoms with E-state index in [1.54, 1.807) is 24.0 Å². The van der Waals surface area contributed by atoms with E-state index < -0.39 is 12.0 Å². The molecule has 0 aromatic rings. The molecule has 100 valence electrons. The molecule has 1 N–H and O–H groups in total. The lowest BCUT2D eigenvalue weighted by Gasteiger charge is -2.36. The second-order valence-corrected chi connectivity index (χ2v) is 4.26. The van der Waals surface area contributed by atoms with Crippen molar-refractivity contribution in [2.24, 2.45) is 0 Å². The first-order valence-corrected chi connectivity index (χ1v) is 6.11. The van der Waals surface area contributed by atoms with Crippen molar-refractivity contribution in [2.75, 3.05) is 26.2 Å². The Morgan fingerprint density at radius 2 is 1.78 bits per heavy atom. The molecule has 1 aliphatic heterocycles. The molecule has 5 nitrogen and oxygen atoms in total. The fourth-order valence-corrected chi connectivity index (χ4v) is 1.84. The first kappa shape index (κ1) is 14.4. The molecular formula is C13H20N2O3. The highest BCUT2D eigenvalue weighted by Gasteiger charge is 2.26. The molecular weight excluding hydrogens is 232 g/mol. The third-order valence-electron chi connectivity index (χ3n) is 3.07. The number of piperazine rings is 1. The van der Waals surface area contributed by atoms with Crippen LogP contribution in [0.25, 0.3) is 0 Å². The zero-order chi connectivity index (χ0) is 13.5. The summed E-state index contributed by atoms with van der Waals surface area (Å²) in [5, 5.41) is 8.91. The maximum absolute atomic E-state index is 11.8. The van der Waals surface area contributed by atoms with Crippen LogP contribution in [0.3, 0.4) is 0 Å². The summed E-state index contributed by atoms with van der Waals surface area (Å²) in [5.41, 5.74) is 0. The van der Waals surface area contributed by atoms with Crippen molar-refractivity contribution in [2.45, 2.75) is 19.9 Å². The lowest BCUT2D eigenvalue weighted by molar-refractivity contribution is -0.143. The molecule has 0 bridgehead atoms. The second-order valence-electron chi connectivity index (χ2n) is 4.26. The van der Waals surface area contributed by atoms with Crippen molar-refractivity contribution < 1.29 is 14.7 Å². The molecule has 0 aromatic carbocycles. The maximum Gasteiger partial charge on any atom is 0.320 e. The van der Waals surface area contributed by atoms with Crippen LogP contribution in [-0.2, 0) is 9.59 Å². The largest absolute Gasteiger partial charge is 0.480 e. The van der Waals surface area contributed by atoms with Crippen LogP contribution in [0.1, 0.15) is 13.8 Å². The number of allylic oxidation sites excluding steroid dienone is 3. The van der Waals surface area contributed by atoms with Crippen LogP contribution in [0.2, 0.25) is 0 Å².